The molecular formula is C27H24BrClN4O3. The molecule has 0 aliphatic carbocycles. The minimum absolute atomic E-state index is 0.166. The summed E-state index contributed by atoms with van der Waals surface area (Å²) < 4.78 is 7.77. The Balaban J connectivity index is 1.54. The zero-order valence-electron chi connectivity index (χ0n) is 20.0. The second kappa shape index (κ2) is 10.6. The van der Waals surface area contributed by atoms with Crippen LogP contribution in [0.5, 0.6) is 5.75 Å². The van der Waals surface area contributed by atoms with Gasteiger partial charge in [-0.05, 0) is 60.2 Å². The topological polar surface area (TPSA) is 85.6 Å². The molecule has 0 spiro atoms. The smallest absolute Gasteiger partial charge is 0.282 e. The number of carbonyl (C=O) groups is 1. The maximum Gasteiger partial charge on any atom is 0.282 e. The van der Waals surface area contributed by atoms with Crippen LogP contribution in [0, 0.1) is 0 Å². The molecule has 4 aromatic rings. The molecule has 0 bridgehead atoms. The normalized spacial score (nSPS) is 11.7. The third kappa shape index (κ3) is 6.19. The molecular weight excluding hydrogens is 544 g/mol. The van der Waals surface area contributed by atoms with Crippen molar-refractivity contribution in [2.45, 2.75) is 26.2 Å². The Labute approximate surface area is 221 Å². The summed E-state index contributed by atoms with van der Waals surface area (Å²) >= 11 is 9.28. The van der Waals surface area contributed by atoms with Crippen LogP contribution < -0.4 is 15.6 Å². The van der Waals surface area contributed by atoms with Crippen molar-refractivity contribution in [3.05, 3.63) is 98.0 Å². The van der Waals surface area contributed by atoms with Crippen LogP contribution in [-0.2, 0) is 10.2 Å². The number of aromatic nitrogens is 2. The van der Waals surface area contributed by atoms with E-state index in [2.05, 4.69) is 26.3 Å². The molecule has 0 saturated carbocycles. The minimum atomic E-state index is -0.416. The fraction of sp³-hybridized carbons (Fsp3) is 0.185. The summed E-state index contributed by atoms with van der Waals surface area (Å²) in [4.78, 5) is 30.2. The fourth-order valence-electron chi connectivity index (χ4n) is 3.43. The summed E-state index contributed by atoms with van der Waals surface area (Å²) in [5, 5.41) is 8.29. The van der Waals surface area contributed by atoms with Gasteiger partial charge in [0.25, 0.3) is 11.5 Å². The fourth-order valence-corrected chi connectivity index (χ4v) is 3.92. The van der Waals surface area contributed by atoms with Crippen molar-refractivity contribution in [1.29, 1.82) is 0 Å². The van der Waals surface area contributed by atoms with Gasteiger partial charge in [0.05, 0.1) is 17.1 Å². The van der Waals surface area contributed by atoms with Crippen molar-refractivity contribution in [2.24, 2.45) is 5.10 Å². The maximum absolute atomic E-state index is 13.3. The number of hydrogen-bond donors (Lipinski definition) is 1. The van der Waals surface area contributed by atoms with E-state index in [0.29, 0.717) is 38.8 Å². The van der Waals surface area contributed by atoms with Gasteiger partial charge in [-0.3, -0.25) is 9.59 Å². The molecule has 7 nitrogen and oxygen atoms in total. The molecule has 36 heavy (non-hydrogen) atoms. The van der Waals surface area contributed by atoms with Crippen LogP contribution in [0.2, 0.25) is 5.02 Å². The third-order valence-corrected chi connectivity index (χ3v) is 5.90. The van der Waals surface area contributed by atoms with Gasteiger partial charge < -0.3 is 10.1 Å². The number of ether oxygens (including phenoxy) is 1. The Morgan fingerprint density at radius 3 is 2.61 bits per heavy atom. The lowest BCUT2D eigenvalue weighted by atomic mass is 9.95. The van der Waals surface area contributed by atoms with Crippen molar-refractivity contribution in [2.75, 3.05) is 11.9 Å². The predicted molar refractivity (Wildman–Crippen MR) is 147 cm³/mol. The van der Waals surface area contributed by atoms with Crippen LogP contribution in [0.15, 0.2) is 81.1 Å². The van der Waals surface area contributed by atoms with Crippen molar-refractivity contribution >= 4 is 56.2 Å². The Morgan fingerprint density at radius 1 is 1.14 bits per heavy atom. The standard InChI is InChI=1S/C27H24BrClN4O3/c1-27(2,3)26-32-23-12-7-18(28)14-22(23)25(35)33(26)30-15-17-5-4-6-21(13-17)36-16-24(34)31-20-10-8-19(29)9-11-20/h4-15H,16H2,1-3H3,(H,31,34). The lowest BCUT2D eigenvalue weighted by Crippen LogP contribution is -2.29. The highest BCUT2D eigenvalue weighted by molar-refractivity contribution is 9.10. The number of rotatable bonds is 6. The predicted octanol–water partition coefficient (Wildman–Crippen LogP) is 6.01. The highest BCUT2D eigenvalue weighted by atomic mass is 79.9. The van der Waals surface area contributed by atoms with Crippen LogP contribution in [0.3, 0.4) is 0 Å². The molecule has 0 radical (unpaired) electrons. The van der Waals surface area contributed by atoms with E-state index in [1.807, 2.05) is 39.0 Å². The van der Waals surface area contributed by atoms with Crippen molar-refractivity contribution in [3.8, 4) is 5.75 Å². The van der Waals surface area contributed by atoms with E-state index in [4.69, 9.17) is 21.3 Å². The molecule has 0 fully saturated rings. The molecule has 1 heterocycles. The van der Waals surface area contributed by atoms with Crippen LogP contribution >= 0.6 is 27.5 Å². The van der Waals surface area contributed by atoms with Gasteiger partial charge in [-0.1, -0.05) is 60.4 Å². The van der Waals surface area contributed by atoms with Crippen LogP contribution in [-0.4, -0.2) is 28.4 Å². The number of halogens is 2. The van der Waals surface area contributed by atoms with Crippen molar-refractivity contribution < 1.29 is 9.53 Å². The summed E-state index contributed by atoms with van der Waals surface area (Å²) in [7, 11) is 0. The van der Waals surface area contributed by atoms with E-state index in [9.17, 15) is 9.59 Å². The number of amides is 1. The van der Waals surface area contributed by atoms with Gasteiger partial charge in [0.2, 0.25) is 0 Å². The van der Waals surface area contributed by atoms with Crippen molar-refractivity contribution in [1.82, 2.24) is 9.66 Å². The van der Waals surface area contributed by atoms with Crippen LogP contribution in [0.1, 0.15) is 32.2 Å². The summed E-state index contributed by atoms with van der Waals surface area (Å²) in [6.45, 7) is 5.78. The van der Waals surface area contributed by atoms with E-state index in [0.717, 1.165) is 4.47 Å². The maximum atomic E-state index is 13.3. The van der Waals surface area contributed by atoms with Gasteiger partial charge in [0.15, 0.2) is 6.61 Å². The molecule has 3 aromatic carbocycles. The number of fused-ring (bicyclic) bond motifs is 1. The second-order valence-electron chi connectivity index (χ2n) is 9.12. The first-order valence-corrected chi connectivity index (χ1v) is 12.3. The van der Waals surface area contributed by atoms with E-state index in [-0.39, 0.29) is 18.1 Å². The quantitative estimate of drug-likeness (QED) is 0.289. The van der Waals surface area contributed by atoms with E-state index >= 15 is 0 Å². The summed E-state index contributed by atoms with van der Waals surface area (Å²) in [6, 6.07) is 19.3. The van der Waals surface area contributed by atoms with E-state index in [1.54, 1.807) is 54.7 Å². The zero-order chi connectivity index (χ0) is 25.9. The molecule has 1 N–H and O–H groups in total. The summed E-state index contributed by atoms with van der Waals surface area (Å²) in [6.07, 6.45) is 1.57. The monoisotopic (exact) mass is 566 g/mol. The second-order valence-corrected chi connectivity index (χ2v) is 10.5. The zero-order valence-corrected chi connectivity index (χ0v) is 22.3. The molecule has 0 atom stereocenters. The van der Waals surface area contributed by atoms with Gasteiger partial charge in [0.1, 0.15) is 11.6 Å². The molecule has 184 valence electrons. The van der Waals surface area contributed by atoms with Gasteiger partial charge in [-0.25, -0.2) is 4.98 Å². The third-order valence-electron chi connectivity index (χ3n) is 5.16. The molecule has 0 aliphatic heterocycles. The average Bonchev–Trinajstić information content (AvgIpc) is 2.83. The number of hydrogen-bond acceptors (Lipinski definition) is 5. The lowest BCUT2D eigenvalue weighted by Gasteiger charge is -2.20. The van der Waals surface area contributed by atoms with E-state index < -0.39 is 5.41 Å². The first-order chi connectivity index (χ1) is 17.1. The van der Waals surface area contributed by atoms with Gasteiger partial charge in [-0.15, -0.1) is 0 Å². The number of benzene rings is 3. The molecule has 1 amide bonds. The van der Waals surface area contributed by atoms with Gasteiger partial charge in [0, 0.05) is 20.6 Å². The molecule has 9 heteroatoms. The molecule has 0 saturated heterocycles. The van der Waals surface area contributed by atoms with Crippen LogP contribution in [0.25, 0.3) is 10.9 Å². The van der Waals surface area contributed by atoms with Gasteiger partial charge >= 0.3 is 0 Å². The van der Waals surface area contributed by atoms with Gasteiger partial charge in [-0.2, -0.15) is 9.78 Å². The lowest BCUT2D eigenvalue weighted by molar-refractivity contribution is -0.118. The highest BCUT2D eigenvalue weighted by Gasteiger charge is 2.22. The summed E-state index contributed by atoms with van der Waals surface area (Å²) in [5.41, 5.74) is 1.28. The van der Waals surface area contributed by atoms with Crippen LogP contribution in [0.4, 0.5) is 5.69 Å². The average molecular weight is 568 g/mol. The Hall–Kier alpha value is -3.49. The Bertz CT molecular complexity index is 1510. The van der Waals surface area contributed by atoms with E-state index in [1.165, 1.54) is 4.68 Å². The first-order valence-electron chi connectivity index (χ1n) is 11.2. The number of nitrogens with one attached hydrogen (secondary N) is 1. The van der Waals surface area contributed by atoms with Crippen molar-refractivity contribution in [3.63, 3.8) is 0 Å². The molecule has 0 aliphatic rings. The highest BCUT2D eigenvalue weighted by Crippen LogP contribution is 2.23. The molecule has 0 unspecified atom stereocenters. The first kappa shape index (κ1) is 25.6. The SMILES string of the molecule is CC(C)(C)c1nc2ccc(Br)cc2c(=O)n1N=Cc1cccc(OCC(=O)Nc2ccc(Cl)cc2)c1. The number of anilines is 1. The minimum Gasteiger partial charge on any atom is -0.484 e. The Morgan fingerprint density at radius 2 is 1.89 bits per heavy atom. The number of carbonyl (C=O) groups excluding carboxylic acids is 1. The Kier molecular flexibility index (Phi) is 7.56. The molecule has 4 rings (SSSR count). The molecule has 1 aromatic heterocycles. The largest absolute Gasteiger partial charge is 0.484 e. The summed E-state index contributed by atoms with van der Waals surface area (Å²) in [5.74, 6) is 0.741. The number of nitrogens with zero attached hydrogens (tertiary/aromatic N) is 3.